The number of aliphatic hydroxyl groups is 1. The molecule has 1 aromatic carbocycles. The lowest BCUT2D eigenvalue weighted by molar-refractivity contribution is -0.0859. The van der Waals surface area contributed by atoms with Gasteiger partial charge in [0.25, 0.3) is 0 Å². The lowest BCUT2D eigenvalue weighted by atomic mass is 9.97. The molecule has 0 unspecified atom stereocenters. The fourth-order valence-corrected chi connectivity index (χ4v) is 2.16. The van der Waals surface area contributed by atoms with Crippen molar-refractivity contribution < 1.29 is 9.84 Å². The summed E-state index contributed by atoms with van der Waals surface area (Å²) in [6, 6.07) is 7.81. The van der Waals surface area contributed by atoms with E-state index in [4.69, 9.17) is 4.74 Å². The predicted molar refractivity (Wildman–Crippen MR) is 66.7 cm³/mol. The molecule has 3 nitrogen and oxygen atoms in total. The molecule has 1 aromatic rings. The largest absolute Gasteiger partial charge is 0.492 e. The molecule has 1 heterocycles. The Bertz CT molecular complexity index is 343. The molecule has 0 atom stereocenters. The number of rotatable bonds is 4. The summed E-state index contributed by atoms with van der Waals surface area (Å²) in [6.07, 6.45) is 0. The molecular weight excluding hydrogens is 270 g/mol. The lowest BCUT2D eigenvalue weighted by Gasteiger charge is -2.44. The van der Waals surface area contributed by atoms with Gasteiger partial charge in [0, 0.05) is 24.1 Å². The number of benzene rings is 1. The van der Waals surface area contributed by atoms with Crippen LogP contribution in [-0.4, -0.2) is 41.8 Å². The van der Waals surface area contributed by atoms with Gasteiger partial charge in [0.05, 0.1) is 5.60 Å². The normalized spacial score (nSPS) is 19.2. The molecule has 1 aliphatic rings. The van der Waals surface area contributed by atoms with Crippen LogP contribution in [0.25, 0.3) is 0 Å². The van der Waals surface area contributed by atoms with E-state index >= 15 is 0 Å². The maximum atomic E-state index is 9.54. The van der Waals surface area contributed by atoms with Gasteiger partial charge in [0.2, 0.25) is 0 Å². The number of hydrogen-bond acceptors (Lipinski definition) is 3. The van der Waals surface area contributed by atoms with Crippen molar-refractivity contribution in [3.63, 3.8) is 0 Å². The molecular formula is C12H16BrNO2. The zero-order valence-corrected chi connectivity index (χ0v) is 10.9. The second kappa shape index (κ2) is 4.73. The van der Waals surface area contributed by atoms with E-state index in [1.54, 1.807) is 0 Å². The summed E-state index contributed by atoms with van der Waals surface area (Å²) in [5.41, 5.74) is -0.488. The zero-order chi connectivity index (χ0) is 11.6. The van der Waals surface area contributed by atoms with E-state index in [1.165, 1.54) is 0 Å². The number of ether oxygens (including phenoxy) is 1. The van der Waals surface area contributed by atoms with Crippen molar-refractivity contribution in [3.8, 4) is 5.75 Å². The van der Waals surface area contributed by atoms with E-state index in [-0.39, 0.29) is 0 Å². The van der Waals surface area contributed by atoms with Gasteiger partial charge in [-0.15, -0.1) is 0 Å². The Labute approximate surface area is 104 Å². The molecule has 1 aliphatic heterocycles. The van der Waals surface area contributed by atoms with Crippen LogP contribution in [0.3, 0.4) is 0 Å². The Morgan fingerprint density at radius 3 is 2.56 bits per heavy atom. The maximum Gasteiger partial charge on any atom is 0.119 e. The number of likely N-dealkylation sites (tertiary alicyclic amines) is 1. The van der Waals surface area contributed by atoms with Crippen LogP contribution in [0.2, 0.25) is 0 Å². The Hall–Kier alpha value is -0.580. The average Bonchev–Trinajstić information content (AvgIpc) is 2.18. The van der Waals surface area contributed by atoms with E-state index in [9.17, 15) is 5.11 Å². The van der Waals surface area contributed by atoms with Gasteiger partial charge >= 0.3 is 0 Å². The van der Waals surface area contributed by atoms with Crippen molar-refractivity contribution in [2.24, 2.45) is 0 Å². The van der Waals surface area contributed by atoms with Crippen molar-refractivity contribution in [1.82, 2.24) is 4.90 Å². The number of hydrogen-bond donors (Lipinski definition) is 1. The molecule has 4 heteroatoms. The minimum atomic E-state index is -0.488. The number of nitrogens with zero attached hydrogens (tertiary/aromatic N) is 1. The smallest absolute Gasteiger partial charge is 0.119 e. The molecule has 0 saturated carbocycles. The van der Waals surface area contributed by atoms with Gasteiger partial charge < -0.3 is 9.84 Å². The average molecular weight is 286 g/mol. The summed E-state index contributed by atoms with van der Waals surface area (Å²) in [6.45, 7) is 4.89. The summed E-state index contributed by atoms with van der Waals surface area (Å²) in [7, 11) is 0. The minimum absolute atomic E-state index is 0.488. The lowest BCUT2D eigenvalue weighted by Crippen LogP contribution is -2.60. The van der Waals surface area contributed by atoms with E-state index < -0.39 is 5.60 Å². The molecule has 2 rings (SSSR count). The van der Waals surface area contributed by atoms with Gasteiger partial charge in [-0.3, -0.25) is 4.90 Å². The first-order valence-electron chi connectivity index (χ1n) is 5.38. The summed E-state index contributed by atoms with van der Waals surface area (Å²) in [5, 5.41) is 9.54. The van der Waals surface area contributed by atoms with Crippen LogP contribution >= 0.6 is 15.9 Å². The molecule has 1 saturated heterocycles. The predicted octanol–water partition coefficient (Wildman–Crippen LogP) is 1.89. The molecule has 88 valence electrons. The molecule has 1 fully saturated rings. The summed E-state index contributed by atoms with van der Waals surface area (Å²) >= 11 is 3.38. The van der Waals surface area contributed by atoms with Crippen LogP contribution in [0.1, 0.15) is 6.92 Å². The maximum absolute atomic E-state index is 9.54. The van der Waals surface area contributed by atoms with Gasteiger partial charge in [-0.2, -0.15) is 0 Å². The van der Waals surface area contributed by atoms with Crippen molar-refractivity contribution >= 4 is 15.9 Å². The van der Waals surface area contributed by atoms with Gasteiger partial charge in [-0.25, -0.2) is 0 Å². The second-order valence-corrected chi connectivity index (χ2v) is 5.43. The first-order chi connectivity index (χ1) is 7.55. The minimum Gasteiger partial charge on any atom is -0.492 e. The van der Waals surface area contributed by atoms with Crippen molar-refractivity contribution in [3.05, 3.63) is 28.7 Å². The Kier molecular flexibility index (Phi) is 3.52. The highest BCUT2D eigenvalue weighted by Gasteiger charge is 2.35. The monoisotopic (exact) mass is 285 g/mol. The SMILES string of the molecule is CC1(O)CN(CCOc2ccc(Br)cc2)C1. The Morgan fingerprint density at radius 2 is 2.00 bits per heavy atom. The van der Waals surface area contributed by atoms with Crippen LogP contribution < -0.4 is 4.74 Å². The third-order valence-corrected chi connectivity index (χ3v) is 3.15. The molecule has 16 heavy (non-hydrogen) atoms. The third kappa shape index (κ3) is 3.20. The van der Waals surface area contributed by atoms with E-state index in [0.29, 0.717) is 6.61 Å². The van der Waals surface area contributed by atoms with Crippen LogP contribution in [0.4, 0.5) is 0 Å². The summed E-state index contributed by atoms with van der Waals surface area (Å²) in [4.78, 5) is 2.18. The summed E-state index contributed by atoms with van der Waals surface area (Å²) < 4.78 is 6.65. The number of halogens is 1. The van der Waals surface area contributed by atoms with Gasteiger partial charge in [0.15, 0.2) is 0 Å². The molecule has 0 spiro atoms. The fourth-order valence-electron chi connectivity index (χ4n) is 1.90. The molecule has 0 radical (unpaired) electrons. The highest BCUT2D eigenvalue weighted by Crippen LogP contribution is 2.19. The van der Waals surface area contributed by atoms with Gasteiger partial charge in [0.1, 0.15) is 12.4 Å². The van der Waals surface area contributed by atoms with Crippen LogP contribution in [-0.2, 0) is 0 Å². The fraction of sp³-hybridized carbons (Fsp3) is 0.500. The molecule has 0 aromatic heterocycles. The van der Waals surface area contributed by atoms with E-state index in [0.717, 1.165) is 29.9 Å². The topological polar surface area (TPSA) is 32.7 Å². The molecule has 1 N–H and O–H groups in total. The van der Waals surface area contributed by atoms with Crippen LogP contribution in [0.5, 0.6) is 5.75 Å². The standard InChI is InChI=1S/C12H16BrNO2/c1-12(15)8-14(9-12)6-7-16-11-4-2-10(13)3-5-11/h2-5,15H,6-9H2,1H3. The zero-order valence-electron chi connectivity index (χ0n) is 9.32. The third-order valence-electron chi connectivity index (χ3n) is 2.62. The quantitative estimate of drug-likeness (QED) is 0.917. The van der Waals surface area contributed by atoms with Crippen molar-refractivity contribution in [2.45, 2.75) is 12.5 Å². The van der Waals surface area contributed by atoms with E-state index in [2.05, 4.69) is 20.8 Å². The summed E-state index contributed by atoms with van der Waals surface area (Å²) in [5.74, 6) is 0.885. The Morgan fingerprint density at radius 1 is 1.38 bits per heavy atom. The van der Waals surface area contributed by atoms with E-state index in [1.807, 2.05) is 31.2 Å². The molecule has 0 amide bonds. The van der Waals surface area contributed by atoms with Gasteiger partial charge in [-0.05, 0) is 31.2 Å². The number of β-amino-alcohol motifs (C(OH)–C–C–N with tert-alkyl or cyclic N) is 1. The highest BCUT2D eigenvalue weighted by atomic mass is 79.9. The molecule has 0 bridgehead atoms. The van der Waals surface area contributed by atoms with Crippen molar-refractivity contribution in [2.75, 3.05) is 26.2 Å². The van der Waals surface area contributed by atoms with Crippen LogP contribution in [0.15, 0.2) is 28.7 Å². The van der Waals surface area contributed by atoms with Crippen LogP contribution in [0, 0.1) is 0 Å². The first kappa shape index (κ1) is 11.9. The van der Waals surface area contributed by atoms with Crippen molar-refractivity contribution in [1.29, 1.82) is 0 Å². The highest BCUT2D eigenvalue weighted by molar-refractivity contribution is 9.10. The second-order valence-electron chi connectivity index (χ2n) is 4.51. The van der Waals surface area contributed by atoms with Gasteiger partial charge in [-0.1, -0.05) is 15.9 Å². The first-order valence-corrected chi connectivity index (χ1v) is 6.18. The molecule has 0 aliphatic carbocycles. The Balaban J connectivity index is 1.67.